The molecule has 1 saturated heterocycles. The minimum Gasteiger partial charge on any atom is -0.507 e. The molecule has 2 aromatic carbocycles. The molecule has 192 valence electrons. The minimum atomic E-state index is -1.01. The van der Waals surface area contributed by atoms with Gasteiger partial charge in [-0.25, -0.2) is 0 Å². The number of pyridine rings is 1. The lowest BCUT2D eigenvalue weighted by atomic mass is 9.87. The Kier molecular flexibility index (Phi) is 7.22. The molecule has 0 radical (unpaired) electrons. The maximum absolute atomic E-state index is 13.4. The van der Waals surface area contributed by atoms with Crippen molar-refractivity contribution in [3.63, 3.8) is 0 Å². The third kappa shape index (κ3) is 4.65. The Hall–Kier alpha value is -3.55. The molecule has 37 heavy (non-hydrogen) atoms. The Bertz CT molecular complexity index is 1400. The van der Waals surface area contributed by atoms with Gasteiger partial charge in [-0.05, 0) is 41.3 Å². The van der Waals surface area contributed by atoms with Crippen molar-refractivity contribution in [1.29, 1.82) is 0 Å². The van der Waals surface area contributed by atoms with Gasteiger partial charge in [-0.2, -0.15) is 0 Å². The largest absolute Gasteiger partial charge is 0.507 e. The summed E-state index contributed by atoms with van der Waals surface area (Å²) in [5.74, 6) is -1.98. The predicted molar refractivity (Wildman–Crippen MR) is 144 cm³/mol. The van der Waals surface area contributed by atoms with Gasteiger partial charge in [0.05, 0.1) is 36.1 Å². The highest BCUT2D eigenvalue weighted by atomic mass is 35.5. The van der Waals surface area contributed by atoms with E-state index in [9.17, 15) is 14.7 Å². The number of halogens is 2. The summed E-state index contributed by atoms with van der Waals surface area (Å²) in [5.41, 5.74) is 1.72. The van der Waals surface area contributed by atoms with Gasteiger partial charge in [0, 0.05) is 11.9 Å². The van der Waals surface area contributed by atoms with Crippen LogP contribution in [0, 0.1) is 0 Å². The van der Waals surface area contributed by atoms with Crippen molar-refractivity contribution >= 4 is 46.3 Å². The summed E-state index contributed by atoms with van der Waals surface area (Å²) in [6, 6.07) is 12.9. The number of ether oxygens (including phenoxy) is 2. The fraction of sp³-hybridized carbons (Fsp3) is 0.250. The van der Waals surface area contributed by atoms with Crippen molar-refractivity contribution in [3.8, 4) is 11.5 Å². The Morgan fingerprint density at radius 3 is 2.19 bits per heavy atom. The third-order valence-electron chi connectivity index (χ3n) is 6.22. The fourth-order valence-electron chi connectivity index (χ4n) is 4.33. The molecule has 1 fully saturated rings. The van der Waals surface area contributed by atoms with Crippen LogP contribution in [-0.4, -0.2) is 36.0 Å². The van der Waals surface area contributed by atoms with E-state index in [0.717, 1.165) is 5.56 Å². The van der Waals surface area contributed by atoms with E-state index < -0.39 is 23.5 Å². The molecule has 3 aromatic rings. The molecule has 1 aliphatic heterocycles. The number of methoxy groups -OCH3 is 2. The molecule has 0 bridgehead atoms. The maximum Gasteiger partial charge on any atom is 0.300 e. The number of aromatic nitrogens is 1. The SMILES string of the molecule is COc1c(Cl)cc(/C(O)=C2\C(=O)C(=O)N(c3ccc(C(C)(C)C)cc3)C2c2ccccn2)c(OC)c1Cl. The Balaban J connectivity index is 1.96. The van der Waals surface area contributed by atoms with Crippen LogP contribution >= 0.6 is 23.2 Å². The molecule has 9 heteroatoms. The highest BCUT2D eigenvalue weighted by Crippen LogP contribution is 2.47. The second kappa shape index (κ2) is 10.1. The van der Waals surface area contributed by atoms with E-state index in [1.807, 2.05) is 12.1 Å². The third-order valence-corrected chi connectivity index (χ3v) is 6.84. The van der Waals surface area contributed by atoms with Gasteiger partial charge in [0.25, 0.3) is 11.7 Å². The summed E-state index contributed by atoms with van der Waals surface area (Å²) in [6.07, 6.45) is 1.56. The number of hydrogen-bond donors (Lipinski definition) is 1. The number of nitrogens with zero attached hydrogens (tertiary/aromatic N) is 2. The average Bonchev–Trinajstić information content (AvgIpc) is 3.14. The van der Waals surface area contributed by atoms with Crippen LogP contribution in [0.1, 0.15) is 43.6 Å². The smallest absolute Gasteiger partial charge is 0.300 e. The standard InChI is InChI=1S/C28H26Cl2N2O5/c1-28(2,3)15-9-11-16(12-10-15)32-22(19-8-6-7-13-31-19)20(24(34)27(32)35)23(33)17-14-18(29)26(37-5)21(30)25(17)36-4/h6-14,22,33H,1-5H3/b23-20+. The highest BCUT2D eigenvalue weighted by Gasteiger charge is 2.48. The van der Waals surface area contributed by atoms with E-state index in [-0.39, 0.29) is 38.1 Å². The number of aliphatic hydroxyl groups excluding tert-OH is 1. The number of amides is 1. The number of hydrogen-bond acceptors (Lipinski definition) is 6. The number of Topliss-reactive ketones (excluding diaryl/α,β-unsaturated/α-hetero) is 1. The summed E-state index contributed by atoms with van der Waals surface area (Å²) in [7, 11) is 2.75. The molecule has 1 amide bonds. The van der Waals surface area contributed by atoms with E-state index in [0.29, 0.717) is 11.4 Å². The summed E-state index contributed by atoms with van der Waals surface area (Å²) in [6.45, 7) is 6.25. The fourth-order valence-corrected chi connectivity index (χ4v) is 5.02. The van der Waals surface area contributed by atoms with Crippen LogP contribution in [0.4, 0.5) is 5.69 Å². The number of carbonyl (C=O) groups is 2. The maximum atomic E-state index is 13.4. The molecule has 2 heterocycles. The number of carbonyl (C=O) groups excluding carboxylic acids is 2. The molecular weight excluding hydrogens is 515 g/mol. The predicted octanol–water partition coefficient (Wildman–Crippen LogP) is 6.33. The zero-order chi connectivity index (χ0) is 27.1. The number of ketones is 1. The van der Waals surface area contributed by atoms with Crippen molar-refractivity contribution in [2.24, 2.45) is 0 Å². The summed E-state index contributed by atoms with van der Waals surface area (Å²) >= 11 is 12.8. The first-order valence-electron chi connectivity index (χ1n) is 11.4. The number of anilines is 1. The first kappa shape index (κ1) is 26.5. The summed E-state index contributed by atoms with van der Waals surface area (Å²) in [4.78, 5) is 32.6. The molecule has 1 atom stereocenters. The first-order chi connectivity index (χ1) is 17.5. The topological polar surface area (TPSA) is 89.0 Å². The molecule has 1 N–H and O–H groups in total. The Labute approximate surface area is 225 Å². The summed E-state index contributed by atoms with van der Waals surface area (Å²) < 4.78 is 10.7. The molecule has 0 aliphatic carbocycles. The van der Waals surface area contributed by atoms with Crippen molar-refractivity contribution in [2.75, 3.05) is 19.1 Å². The van der Waals surface area contributed by atoms with E-state index in [1.165, 1.54) is 25.2 Å². The Morgan fingerprint density at radius 2 is 1.65 bits per heavy atom. The number of rotatable bonds is 5. The normalized spacial score (nSPS) is 17.3. The van der Waals surface area contributed by atoms with Crippen molar-refractivity contribution in [1.82, 2.24) is 4.98 Å². The minimum absolute atomic E-state index is 0.0143. The van der Waals surface area contributed by atoms with Crippen molar-refractivity contribution in [2.45, 2.75) is 32.2 Å². The van der Waals surface area contributed by atoms with Crippen LogP contribution in [0.15, 0.2) is 60.3 Å². The molecule has 1 aromatic heterocycles. The molecule has 0 saturated carbocycles. The average molecular weight is 541 g/mol. The second-order valence-corrected chi connectivity index (χ2v) is 10.3. The molecule has 1 aliphatic rings. The van der Waals surface area contributed by atoms with Crippen LogP contribution in [0.25, 0.3) is 5.76 Å². The molecule has 0 spiro atoms. The number of benzene rings is 2. The van der Waals surface area contributed by atoms with Gasteiger partial charge in [-0.1, -0.05) is 62.2 Å². The Morgan fingerprint density at radius 1 is 1.00 bits per heavy atom. The van der Waals surface area contributed by atoms with Crippen LogP contribution < -0.4 is 14.4 Å². The van der Waals surface area contributed by atoms with E-state index in [4.69, 9.17) is 32.7 Å². The zero-order valence-electron chi connectivity index (χ0n) is 21.0. The molecule has 4 rings (SSSR count). The van der Waals surface area contributed by atoms with Gasteiger partial charge < -0.3 is 14.6 Å². The van der Waals surface area contributed by atoms with E-state index >= 15 is 0 Å². The zero-order valence-corrected chi connectivity index (χ0v) is 22.5. The van der Waals surface area contributed by atoms with Gasteiger partial charge >= 0.3 is 0 Å². The van der Waals surface area contributed by atoms with Gasteiger partial charge in [0.1, 0.15) is 16.8 Å². The number of aliphatic hydroxyl groups is 1. The van der Waals surface area contributed by atoms with Crippen molar-refractivity contribution < 1.29 is 24.2 Å². The molecule has 1 unspecified atom stereocenters. The quantitative estimate of drug-likeness (QED) is 0.231. The van der Waals surface area contributed by atoms with Crippen LogP contribution in [-0.2, 0) is 15.0 Å². The van der Waals surface area contributed by atoms with Gasteiger partial charge in [0.15, 0.2) is 11.5 Å². The van der Waals surface area contributed by atoms with Gasteiger partial charge in [-0.15, -0.1) is 0 Å². The lowest BCUT2D eigenvalue weighted by Crippen LogP contribution is -2.30. The molecular formula is C28H26Cl2N2O5. The monoisotopic (exact) mass is 540 g/mol. The summed E-state index contributed by atoms with van der Waals surface area (Å²) in [5, 5.41) is 11.6. The van der Waals surface area contributed by atoms with Crippen LogP contribution in [0.2, 0.25) is 10.0 Å². The first-order valence-corrected chi connectivity index (χ1v) is 12.2. The van der Waals surface area contributed by atoms with E-state index in [1.54, 1.807) is 36.5 Å². The van der Waals surface area contributed by atoms with Crippen LogP contribution in [0.5, 0.6) is 11.5 Å². The lowest BCUT2D eigenvalue weighted by Gasteiger charge is -2.26. The lowest BCUT2D eigenvalue weighted by molar-refractivity contribution is -0.132. The highest BCUT2D eigenvalue weighted by molar-refractivity contribution is 6.52. The van der Waals surface area contributed by atoms with E-state index in [2.05, 4.69) is 25.8 Å². The van der Waals surface area contributed by atoms with Gasteiger partial charge in [-0.3, -0.25) is 19.5 Å². The molecule has 7 nitrogen and oxygen atoms in total. The van der Waals surface area contributed by atoms with Crippen molar-refractivity contribution in [3.05, 3.63) is 87.2 Å². The van der Waals surface area contributed by atoms with Gasteiger partial charge in [0.2, 0.25) is 0 Å². The van der Waals surface area contributed by atoms with Crippen LogP contribution in [0.3, 0.4) is 0 Å². The second-order valence-electron chi connectivity index (χ2n) is 9.51.